The number of imidazole rings is 1. The molecule has 1 aliphatic rings. The van der Waals surface area contributed by atoms with Crippen molar-refractivity contribution in [2.24, 2.45) is 0 Å². The lowest BCUT2D eigenvalue weighted by molar-refractivity contribution is 0.0710. The van der Waals surface area contributed by atoms with Gasteiger partial charge in [0.1, 0.15) is 24.1 Å². The third-order valence-electron chi connectivity index (χ3n) is 7.52. The molecule has 41 heavy (non-hydrogen) atoms. The Kier molecular flexibility index (Phi) is 7.46. The lowest BCUT2D eigenvalue weighted by Crippen LogP contribution is -2.38. The highest BCUT2D eigenvalue weighted by Crippen LogP contribution is 2.32. The van der Waals surface area contributed by atoms with Crippen LogP contribution in [0.3, 0.4) is 0 Å². The fraction of sp³-hybridized carbons (Fsp3) is 0.212. The van der Waals surface area contributed by atoms with Crippen molar-refractivity contribution in [3.8, 4) is 5.75 Å². The van der Waals surface area contributed by atoms with Gasteiger partial charge in [-0.3, -0.25) is 4.79 Å². The van der Waals surface area contributed by atoms with Crippen molar-refractivity contribution < 1.29 is 22.7 Å². The maximum atomic E-state index is 14.8. The summed E-state index contributed by atoms with van der Waals surface area (Å²) >= 11 is 0. The monoisotopic (exact) mass is 555 g/mol. The van der Waals surface area contributed by atoms with E-state index < -0.39 is 5.82 Å². The van der Waals surface area contributed by atoms with Crippen LogP contribution < -0.4 is 4.74 Å². The fourth-order valence-corrected chi connectivity index (χ4v) is 5.45. The Morgan fingerprint density at radius 2 is 1.54 bits per heavy atom. The van der Waals surface area contributed by atoms with Crippen molar-refractivity contribution in [2.75, 3.05) is 13.1 Å². The predicted octanol–water partition coefficient (Wildman–Crippen LogP) is 7.10. The van der Waals surface area contributed by atoms with Gasteiger partial charge in [-0.25, -0.2) is 18.2 Å². The van der Waals surface area contributed by atoms with Crippen LogP contribution >= 0.6 is 0 Å². The number of nitrogens with zero attached hydrogens (tertiary/aromatic N) is 3. The molecule has 0 aliphatic carbocycles. The van der Waals surface area contributed by atoms with Gasteiger partial charge in [0, 0.05) is 31.1 Å². The van der Waals surface area contributed by atoms with E-state index in [4.69, 9.17) is 9.72 Å². The second-order valence-electron chi connectivity index (χ2n) is 10.3. The summed E-state index contributed by atoms with van der Waals surface area (Å²) in [5.74, 6) is -0.506. The van der Waals surface area contributed by atoms with Gasteiger partial charge in [0.05, 0.1) is 11.0 Å². The highest BCUT2D eigenvalue weighted by molar-refractivity contribution is 5.94. The van der Waals surface area contributed by atoms with Gasteiger partial charge in [-0.15, -0.1) is 0 Å². The van der Waals surface area contributed by atoms with Crippen LogP contribution in [0.15, 0.2) is 91.0 Å². The largest absolute Gasteiger partial charge is 0.486 e. The molecule has 8 heteroatoms. The van der Waals surface area contributed by atoms with Crippen LogP contribution in [0.5, 0.6) is 5.75 Å². The molecule has 1 amide bonds. The first-order chi connectivity index (χ1) is 19.9. The van der Waals surface area contributed by atoms with Crippen molar-refractivity contribution in [3.63, 3.8) is 0 Å². The zero-order valence-electron chi connectivity index (χ0n) is 22.3. The average Bonchev–Trinajstić information content (AvgIpc) is 3.34. The van der Waals surface area contributed by atoms with E-state index in [0.29, 0.717) is 38.0 Å². The molecular formula is C33H28F3N3O2. The number of halogens is 3. The summed E-state index contributed by atoms with van der Waals surface area (Å²) in [7, 11) is 0. The molecule has 1 aliphatic heterocycles. The number of carbonyl (C=O) groups is 1. The van der Waals surface area contributed by atoms with E-state index in [1.807, 2.05) is 30.3 Å². The first-order valence-corrected chi connectivity index (χ1v) is 13.6. The quantitative estimate of drug-likeness (QED) is 0.215. The van der Waals surface area contributed by atoms with Crippen molar-refractivity contribution in [1.29, 1.82) is 0 Å². The van der Waals surface area contributed by atoms with Crippen LogP contribution in [-0.4, -0.2) is 33.4 Å². The van der Waals surface area contributed by atoms with Gasteiger partial charge >= 0.3 is 0 Å². The molecule has 6 rings (SSSR count). The number of likely N-dealkylation sites (tertiary alicyclic amines) is 1. The Hall–Kier alpha value is -4.59. The minimum Gasteiger partial charge on any atom is -0.486 e. The molecule has 208 valence electrons. The number of ether oxygens (including phenoxy) is 1. The topological polar surface area (TPSA) is 47.4 Å². The molecular weight excluding hydrogens is 527 g/mol. The summed E-state index contributed by atoms with van der Waals surface area (Å²) in [6.07, 6.45) is 1.41. The molecule has 0 unspecified atom stereocenters. The Balaban J connectivity index is 1.13. The molecule has 0 bridgehead atoms. The summed E-state index contributed by atoms with van der Waals surface area (Å²) < 4.78 is 49.7. The second-order valence-corrected chi connectivity index (χ2v) is 10.3. The van der Waals surface area contributed by atoms with Crippen molar-refractivity contribution >= 4 is 16.9 Å². The Morgan fingerprint density at radius 1 is 0.829 bits per heavy atom. The zero-order chi connectivity index (χ0) is 28.3. The summed E-state index contributed by atoms with van der Waals surface area (Å²) in [4.78, 5) is 19.9. The summed E-state index contributed by atoms with van der Waals surface area (Å²) in [6, 6.07) is 24.6. The summed E-state index contributed by atoms with van der Waals surface area (Å²) in [5.41, 5.74) is 3.55. The Bertz CT molecular complexity index is 1710. The lowest BCUT2D eigenvalue weighted by Gasteiger charge is -2.32. The average molecular weight is 556 g/mol. The Morgan fingerprint density at radius 3 is 2.27 bits per heavy atom. The van der Waals surface area contributed by atoms with Crippen LogP contribution in [0.1, 0.15) is 46.1 Å². The molecule has 2 heterocycles. The van der Waals surface area contributed by atoms with Crippen molar-refractivity contribution in [3.05, 3.63) is 131 Å². The fourth-order valence-electron chi connectivity index (χ4n) is 5.45. The van der Waals surface area contributed by atoms with E-state index >= 15 is 0 Å². The SMILES string of the molecule is O=C(c1ccc(OCc2cccc(F)c2)c(F)c1)N1CCC(c2nc3ccccc3n2Cc2cccc(F)c2)CC1. The van der Waals surface area contributed by atoms with Crippen LogP contribution in [0.25, 0.3) is 11.0 Å². The van der Waals surface area contributed by atoms with Gasteiger partial charge in [0.25, 0.3) is 5.91 Å². The molecule has 1 fully saturated rings. The van der Waals surface area contributed by atoms with Gasteiger partial charge in [-0.1, -0.05) is 36.4 Å². The predicted molar refractivity (Wildman–Crippen MR) is 150 cm³/mol. The second kappa shape index (κ2) is 11.5. The van der Waals surface area contributed by atoms with E-state index in [0.717, 1.165) is 22.4 Å². The minimum absolute atomic E-state index is 0.00159. The molecule has 0 N–H and O–H groups in total. The summed E-state index contributed by atoms with van der Waals surface area (Å²) in [6.45, 7) is 1.53. The number of fused-ring (bicyclic) bond motifs is 1. The first kappa shape index (κ1) is 26.6. The van der Waals surface area contributed by atoms with Gasteiger partial charge in [-0.05, 0) is 78.6 Å². The summed E-state index contributed by atoms with van der Waals surface area (Å²) in [5, 5.41) is 0. The number of carbonyl (C=O) groups excluding carboxylic acids is 1. The van der Waals surface area contributed by atoms with Gasteiger partial charge in [0.15, 0.2) is 11.6 Å². The molecule has 1 saturated heterocycles. The number of hydrogen-bond acceptors (Lipinski definition) is 3. The minimum atomic E-state index is -0.645. The van der Waals surface area contributed by atoms with E-state index in [2.05, 4.69) is 4.57 Å². The zero-order valence-corrected chi connectivity index (χ0v) is 22.3. The highest BCUT2D eigenvalue weighted by Gasteiger charge is 2.28. The number of piperidine rings is 1. The number of aromatic nitrogens is 2. The van der Waals surface area contributed by atoms with Crippen LogP contribution in [0, 0.1) is 17.5 Å². The molecule has 5 aromatic rings. The lowest BCUT2D eigenvalue weighted by atomic mass is 9.95. The van der Waals surface area contributed by atoms with Crippen LogP contribution in [0.2, 0.25) is 0 Å². The molecule has 5 nitrogen and oxygen atoms in total. The highest BCUT2D eigenvalue weighted by atomic mass is 19.1. The van der Waals surface area contributed by atoms with Gasteiger partial charge in [-0.2, -0.15) is 0 Å². The molecule has 0 spiro atoms. The molecule has 0 radical (unpaired) electrons. The van der Waals surface area contributed by atoms with Crippen LogP contribution in [0.4, 0.5) is 13.2 Å². The molecule has 0 saturated carbocycles. The first-order valence-electron chi connectivity index (χ1n) is 13.6. The third-order valence-corrected chi connectivity index (χ3v) is 7.52. The van der Waals surface area contributed by atoms with E-state index in [-0.39, 0.29) is 41.4 Å². The van der Waals surface area contributed by atoms with Crippen molar-refractivity contribution in [1.82, 2.24) is 14.5 Å². The van der Waals surface area contributed by atoms with E-state index in [1.54, 1.807) is 29.2 Å². The number of para-hydroxylation sites is 2. The standard InChI is InChI=1S/C33H28F3N3O2/c34-26-7-3-5-22(17-26)20-39-30-10-2-1-9-29(30)37-32(39)24-13-15-38(16-14-24)33(40)25-11-12-31(28(36)19-25)41-21-23-6-4-8-27(35)18-23/h1-12,17-19,24H,13-16,20-21H2. The van der Waals surface area contributed by atoms with Gasteiger partial charge < -0.3 is 14.2 Å². The smallest absolute Gasteiger partial charge is 0.253 e. The molecule has 1 aromatic heterocycles. The number of amides is 1. The molecule has 0 atom stereocenters. The third kappa shape index (κ3) is 5.82. The van der Waals surface area contributed by atoms with Crippen LogP contribution in [-0.2, 0) is 13.2 Å². The maximum Gasteiger partial charge on any atom is 0.253 e. The number of hydrogen-bond donors (Lipinski definition) is 0. The van der Waals surface area contributed by atoms with E-state index in [9.17, 15) is 18.0 Å². The Labute approximate surface area is 235 Å². The van der Waals surface area contributed by atoms with Gasteiger partial charge in [0.2, 0.25) is 0 Å². The van der Waals surface area contributed by atoms with E-state index in [1.165, 1.54) is 36.4 Å². The molecule has 4 aromatic carbocycles. The normalized spacial score (nSPS) is 14.0. The van der Waals surface area contributed by atoms with Crippen molar-refractivity contribution in [2.45, 2.75) is 31.9 Å². The maximum absolute atomic E-state index is 14.8. The number of benzene rings is 4. The number of rotatable bonds is 7.